The number of methoxy groups -OCH3 is 1. The standard InChI is InChI=1S/C13H17N3O2S/c1-10-3-4-11(19-10)9-14-7-8-16-13(17)6-5-12(15-16)18-2/h3-6,14H,7-9H2,1-2H3. The van der Waals surface area contributed by atoms with Gasteiger partial charge in [0.1, 0.15) is 0 Å². The summed E-state index contributed by atoms with van der Waals surface area (Å²) < 4.78 is 6.41. The van der Waals surface area contributed by atoms with Crippen molar-refractivity contribution >= 4 is 11.3 Å². The molecule has 2 rings (SSSR count). The molecule has 1 N–H and O–H groups in total. The monoisotopic (exact) mass is 279 g/mol. The average molecular weight is 279 g/mol. The maximum Gasteiger partial charge on any atom is 0.267 e. The first-order chi connectivity index (χ1) is 9.19. The highest BCUT2D eigenvalue weighted by molar-refractivity contribution is 7.11. The van der Waals surface area contributed by atoms with Crippen LogP contribution in [0, 0.1) is 6.92 Å². The van der Waals surface area contributed by atoms with Crippen molar-refractivity contribution in [2.24, 2.45) is 0 Å². The maximum atomic E-state index is 11.6. The van der Waals surface area contributed by atoms with Crippen LogP contribution in [0.2, 0.25) is 0 Å². The first-order valence-electron chi connectivity index (χ1n) is 6.07. The predicted octanol–water partition coefficient (Wildman–Crippen LogP) is 1.41. The zero-order chi connectivity index (χ0) is 13.7. The normalized spacial score (nSPS) is 10.6. The molecule has 0 fully saturated rings. The summed E-state index contributed by atoms with van der Waals surface area (Å²) in [5.74, 6) is 0.452. The van der Waals surface area contributed by atoms with Crippen molar-refractivity contribution in [2.75, 3.05) is 13.7 Å². The first kappa shape index (κ1) is 13.8. The molecular formula is C13H17N3O2S. The second-order valence-electron chi connectivity index (χ2n) is 4.13. The summed E-state index contributed by atoms with van der Waals surface area (Å²) in [6.45, 7) is 4.13. The average Bonchev–Trinajstić information content (AvgIpc) is 2.82. The van der Waals surface area contributed by atoms with Gasteiger partial charge in [-0.15, -0.1) is 16.4 Å². The minimum atomic E-state index is -0.116. The second-order valence-corrected chi connectivity index (χ2v) is 5.50. The first-order valence-corrected chi connectivity index (χ1v) is 6.89. The van der Waals surface area contributed by atoms with Gasteiger partial charge in [-0.2, -0.15) is 0 Å². The van der Waals surface area contributed by atoms with Crippen LogP contribution in [-0.4, -0.2) is 23.4 Å². The molecule has 0 saturated carbocycles. The summed E-state index contributed by atoms with van der Waals surface area (Å²) >= 11 is 1.78. The van der Waals surface area contributed by atoms with Crippen LogP contribution in [0.5, 0.6) is 5.88 Å². The van der Waals surface area contributed by atoms with Gasteiger partial charge in [0.2, 0.25) is 5.88 Å². The van der Waals surface area contributed by atoms with E-state index in [-0.39, 0.29) is 5.56 Å². The third-order valence-electron chi connectivity index (χ3n) is 2.65. The van der Waals surface area contributed by atoms with Crippen molar-refractivity contribution in [1.29, 1.82) is 0 Å². The van der Waals surface area contributed by atoms with Crippen LogP contribution in [0.1, 0.15) is 9.75 Å². The quantitative estimate of drug-likeness (QED) is 0.812. The summed E-state index contributed by atoms with van der Waals surface area (Å²) in [4.78, 5) is 14.2. The highest BCUT2D eigenvalue weighted by atomic mass is 32.1. The van der Waals surface area contributed by atoms with Gasteiger partial charge in [0.25, 0.3) is 5.56 Å². The second kappa shape index (κ2) is 6.49. The van der Waals surface area contributed by atoms with Crippen molar-refractivity contribution < 1.29 is 4.74 Å². The molecule has 0 aliphatic rings. The van der Waals surface area contributed by atoms with Crippen LogP contribution in [0.25, 0.3) is 0 Å². The van der Waals surface area contributed by atoms with E-state index in [1.54, 1.807) is 17.4 Å². The van der Waals surface area contributed by atoms with Gasteiger partial charge in [-0.05, 0) is 19.1 Å². The molecule has 0 spiro atoms. The number of aromatic nitrogens is 2. The summed E-state index contributed by atoms with van der Waals surface area (Å²) in [7, 11) is 1.54. The molecule has 0 radical (unpaired) electrons. The molecule has 0 unspecified atom stereocenters. The molecule has 5 nitrogen and oxygen atoms in total. The lowest BCUT2D eigenvalue weighted by atomic mass is 10.4. The van der Waals surface area contributed by atoms with Gasteiger partial charge in [0, 0.05) is 35.0 Å². The van der Waals surface area contributed by atoms with Gasteiger partial charge >= 0.3 is 0 Å². The Bertz CT molecular complexity index is 592. The fourth-order valence-electron chi connectivity index (χ4n) is 1.68. The van der Waals surface area contributed by atoms with Gasteiger partial charge in [-0.25, -0.2) is 4.68 Å². The largest absolute Gasteiger partial charge is 0.480 e. The van der Waals surface area contributed by atoms with Crippen molar-refractivity contribution in [3.05, 3.63) is 44.4 Å². The van der Waals surface area contributed by atoms with Gasteiger partial charge in [0.05, 0.1) is 13.7 Å². The van der Waals surface area contributed by atoms with Crippen LogP contribution in [0.4, 0.5) is 0 Å². The fourth-order valence-corrected chi connectivity index (χ4v) is 2.54. The highest BCUT2D eigenvalue weighted by Crippen LogP contribution is 2.14. The van der Waals surface area contributed by atoms with E-state index in [4.69, 9.17) is 4.74 Å². The molecule has 102 valence electrons. The van der Waals surface area contributed by atoms with Crippen LogP contribution in [-0.2, 0) is 13.1 Å². The molecule has 0 bridgehead atoms. The Hall–Kier alpha value is -1.66. The van der Waals surface area contributed by atoms with E-state index in [1.807, 2.05) is 0 Å². The lowest BCUT2D eigenvalue weighted by molar-refractivity contribution is 0.374. The van der Waals surface area contributed by atoms with Gasteiger partial charge in [-0.3, -0.25) is 4.79 Å². The van der Waals surface area contributed by atoms with Gasteiger partial charge in [-0.1, -0.05) is 0 Å². The van der Waals surface area contributed by atoms with Crippen molar-refractivity contribution in [3.8, 4) is 5.88 Å². The molecule has 2 aromatic heterocycles. The van der Waals surface area contributed by atoms with Crippen LogP contribution in [0.15, 0.2) is 29.1 Å². The molecule has 19 heavy (non-hydrogen) atoms. The lowest BCUT2D eigenvalue weighted by Crippen LogP contribution is -2.28. The van der Waals surface area contributed by atoms with Crippen LogP contribution >= 0.6 is 11.3 Å². The molecule has 0 aromatic carbocycles. The molecule has 0 saturated heterocycles. The van der Waals surface area contributed by atoms with Gasteiger partial charge < -0.3 is 10.1 Å². The molecule has 2 heterocycles. The van der Waals surface area contributed by atoms with Crippen molar-refractivity contribution in [2.45, 2.75) is 20.0 Å². The Morgan fingerprint density at radius 1 is 1.37 bits per heavy atom. The zero-order valence-corrected chi connectivity index (χ0v) is 11.9. The zero-order valence-electron chi connectivity index (χ0n) is 11.0. The molecular weight excluding hydrogens is 262 g/mol. The number of hydrogen-bond donors (Lipinski definition) is 1. The number of nitrogens with zero attached hydrogens (tertiary/aromatic N) is 2. The third kappa shape index (κ3) is 3.90. The molecule has 2 aromatic rings. The summed E-state index contributed by atoms with van der Waals surface area (Å²) in [5, 5.41) is 7.38. The fraction of sp³-hybridized carbons (Fsp3) is 0.385. The van der Waals surface area contributed by atoms with Gasteiger partial charge in [0.15, 0.2) is 0 Å². The number of thiophene rings is 1. The van der Waals surface area contributed by atoms with E-state index in [9.17, 15) is 4.79 Å². The van der Waals surface area contributed by atoms with Crippen LogP contribution < -0.4 is 15.6 Å². The Balaban J connectivity index is 1.84. The van der Waals surface area contributed by atoms with E-state index >= 15 is 0 Å². The smallest absolute Gasteiger partial charge is 0.267 e. The number of hydrogen-bond acceptors (Lipinski definition) is 5. The van der Waals surface area contributed by atoms with E-state index in [2.05, 4.69) is 29.5 Å². The van der Waals surface area contributed by atoms with E-state index in [0.717, 1.165) is 6.54 Å². The Morgan fingerprint density at radius 2 is 2.21 bits per heavy atom. The minimum absolute atomic E-state index is 0.116. The summed E-state index contributed by atoms with van der Waals surface area (Å²) in [5.41, 5.74) is -0.116. The molecule has 0 aliphatic carbocycles. The highest BCUT2D eigenvalue weighted by Gasteiger charge is 2.01. The van der Waals surface area contributed by atoms with E-state index in [1.165, 1.54) is 27.6 Å². The minimum Gasteiger partial charge on any atom is -0.480 e. The SMILES string of the molecule is COc1ccc(=O)n(CCNCc2ccc(C)s2)n1. The lowest BCUT2D eigenvalue weighted by Gasteiger charge is -2.06. The number of rotatable bonds is 6. The summed E-state index contributed by atoms with van der Waals surface area (Å²) in [6.07, 6.45) is 0. The number of nitrogens with one attached hydrogen (secondary N) is 1. The number of aryl methyl sites for hydroxylation is 1. The molecule has 0 atom stereocenters. The Kier molecular flexibility index (Phi) is 4.70. The topological polar surface area (TPSA) is 56.1 Å². The number of ether oxygens (including phenoxy) is 1. The molecule has 0 aliphatic heterocycles. The molecule has 0 amide bonds. The Morgan fingerprint density at radius 3 is 2.89 bits per heavy atom. The maximum absolute atomic E-state index is 11.6. The van der Waals surface area contributed by atoms with Crippen molar-refractivity contribution in [3.63, 3.8) is 0 Å². The Labute approximate surface area is 115 Å². The van der Waals surface area contributed by atoms with E-state index in [0.29, 0.717) is 19.0 Å². The van der Waals surface area contributed by atoms with E-state index < -0.39 is 0 Å². The summed E-state index contributed by atoms with van der Waals surface area (Å²) in [6, 6.07) is 7.26. The third-order valence-corrected chi connectivity index (χ3v) is 3.65. The molecule has 6 heteroatoms. The predicted molar refractivity (Wildman–Crippen MR) is 75.8 cm³/mol. The van der Waals surface area contributed by atoms with Crippen LogP contribution in [0.3, 0.4) is 0 Å². The van der Waals surface area contributed by atoms with Crippen molar-refractivity contribution in [1.82, 2.24) is 15.1 Å².